The first-order valence-corrected chi connectivity index (χ1v) is 8.03. The maximum atomic E-state index is 10.4. The average Bonchev–Trinajstić information content (AvgIpc) is 3.04. The van der Waals surface area contributed by atoms with Crippen molar-refractivity contribution in [1.29, 1.82) is 5.26 Å². The number of carbonyl (C=O) groups excluding carboxylic acids is 1. The van der Waals surface area contributed by atoms with E-state index in [1.54, 1.807) is 6.20 Å². The molecule has 7 nitrogen and oxygen atoms in total. The number of nitriles is 1. The highest BCUT2D eigenvalue weighted by Crippen LogP contribution is 2.20. The Balaban J connectivity index is 0.000000229. The molecule has 1 fully saturated rings. The third kappa shape index (κ3) is 5.75. The predicted molar refractivity (Wildman–Crippen MR) is 89.4 cm³/mol. The molecule has 120 valence electrons. The number of pyridine rings is 1. The van der Waals surface area contributed by atoms with Gasteiger partial charge in [-0.25, -0.2) is 9.97 Å². The van der Waals surface area contributed by atoms with Gasteiger partial charge in [-0.05, 0) is 30.7 Å². The maximum Gasteiger partial charge on any atom is 0.189 e. The van der Waals surface area contributed by atoms with E-state index in [1.165, 1.54) is 17.5 Å². The third-order valence-corrected chi connectivity index (χ3v) is 3.86. The second kappa shape index (κ2) is 8.95. The average molecular weight is 330 g/mol. The summed E-state index contributed by atoms with van der Waals surface area (Å²) in [6, 6.07) is 5.74. The number of hydrogen-bond donors (Lipinski definition) is 3. The summed E-state index contributed by atoms with van der Waals surface area (Å²) >= 11 is 1.29. The van der Waals surface area contributed by atoms with Gasteiger partial charge in [-0.1, -0.05) is 11.3 Å². The summed E-state index contributed by atoms with van der Waals surface area (Å²) in [5.41, 5.74) is 6.52. The lowest BCUT2D eigenvalue weighted by atomic mass is 10.1. The Morgan fingerprint density at radius 1 is 1.48 bits per heavy atom. The van der Waals surface area contributed by atoms with Crippen LogP contribution in [0.1, 0.15) is 23.3 Å². The molecule has 0 bridgehead atoms. The number of Topliss-reactive ketones (excluding diaryl/α,β-unsaturated/α-hetero) is 1. The van der Waals surface area contributed by atoms with Crippen molar-refractivity contribution in [3.8, 4) is 6.07 Å². The van der Waals surface area contributed by atoms with E-state index in [2.05, 4.69) is 20.6 Å². The molecule has 8 heteroatoms. The number of anilines is 2. The quantitative estimate of drug-likeness (QED) is 0.781. The predicted octanol–water partition coefficient (Wildman–Crippen LogP) is 1.55. The maximum absolute atomic E-state index is 10.4. The molecule has 0 aromatic carbocycles. The highest BCUT2D eigenvalue weighted by Gasteiger charge is 2.05. The van der Waals surface area contributed by atoms with E-state index in [4.69, 9.17) is 11.0 Å². The van der Waals surface area contributed by atoms with Gasteiger partial charge in [0.25, 0.3) is 0 Å². The monoisotopic (exact) mass is 330 g/mol. The fraction of sp³-hybridized carbons (Fsp3) is 0.333. The van der Waals surface area contributed by atoms with Crippen molar-refractivity contribution in [3.63, 3.8) is 0 Å². The zero-order valence-corrected chi connectivity index (χ0v) is 13.4. The first-order chi connectivity index (χ1) is 11.2. The molecule has 1 saturated heterocycles. The van der Waals surface area contributed by atoms with Gasteiger partial charge in [0.2, 0.25) is 0 Å². The number of carbonyl (C=O) groups is 1. The Morgan fingerprint density at radius 3 is 2.91 bits per heavy atom. The number of nitrogens with two attached hydrogens (primary N) is 1. The molecule has 0 amide bonds. The molecule has 0 radical (unpaired) electrons. The van der Waals surface area contributed by atoms with Crippen LogP contribution in [0, 0.1) is 11.3 Å². The van der Waals surface area contributed by atoms with Crippen LogP contribution in [0.2, 0.25) is 0 Å². The minimum atomic E-state index is 0.353. The molecular weight excluding hydrogens is 312 g/mol. The standard InChI is InChI=1S/C10H9N5S.C5H9NO/c11-4-7-1-2-13-9(3-7)15-10-14-6-8(5-12)16-10;7-5-2-1-3-6-4-5/h1-3,6H,4,11H2,(H,13,14,15);6H,1-4H2. The van der Waals surface area contributed by atoms with Crippen molar-refractivity contribution < 1.29 is 4.79 Å². The summed E-state index contributed by atoms with van der Waals surface area (Å²) in [5.74, 6) is 1.04. The molecule has 4 N–H and O–H groups in total. The molecule has 23 heavy (non-hydrogen) atoms. The van der Waals surface area contributed by atoms with Crippen LogP contribution in [0.5, 0.6) is 0 Å². The van der Waals surface area contributed by atoms with Gasteiger partial charge < -0.3 is 16.4 Å². The fourth-order valence-corrected chi connectivity index (χ4v) is 2.51. The molecule has 2 aromatic rings. The van der Waals surface area contributed by atoms with Gasteiger partial charge in [0.15, 0.2) is 5.13 Å². The van der Waals surface area contributed by atoms with Crippen molar-refractivity contribution in [2.75, 3.05) is 18.4 Å². The second-order valence-electron chi connectivity index (χ2n) is 4.84. The molecular formula is C15H18N6OS. The smallest absolute Gasteiger partial charge is 0.189 e. The molecule has 2 aromatic heterocycles. The molecule has 0 saturated carbocycles. The number of piperidine rings is 1. The highest BCUT2D eigenvalue weighted by atomic mass is 32.1. The number of nitrogens with one attached hydrogen (secondary N) is 2. The molecule has 1 aliphatic rings. The van der Waals surface area contributed by atoms with Crippen molar-refractivity contribution in [2.24, 2.45) is 5.73 Å². The second-order valence-corrected chi connectivity index (χ2v) is 5.87. The van der Waals surface area contributed by atoms with Crippen molar-refractivity contribution in [2.45, 2.75) is 19.4 Å². The first kappa shape index (κ1) is 17.0. The van der Waals surface area contributed by atoms with Crippen LogP contribution < -0.4 is 16.4 Å². The lowest BCUT2D eigenvalue weighted by Gasteiger charge is -2.08. The van der Waals surface area contributed by atoms with Gasteiger partial charge in [0.1, 0.15) is 22.5 Å². The van der Waals surface area contributed by atoms with E-state index in [1.807, 2.05) is 18.2 Å². The van der Waals surface area contributed by atoms with Crippen molar-refractivity contribution in [3.05, 3.63) is 35.0 Å². The number of thiazole rings is 1. The lowest BCUT2D eigenvalue weighted by Crippen LogP contribution is -2.29. The number of nitrogens with zero attached hydrogens (tertiary/aromatic N) is 3. The topological polar surface area (TPSA) is 117 Å². The fourth-order valence-electron chi connectivity index (χ4n) is 1.89. The third-order valence-electron chi connectivity index (χ3n) is 3.04. The van der Waals surface area contributed by atoms with Crippen LogP contribution in [0.15, 0.2) is 24.5 Å². The molecule has 1 aliphatic heterocycles. The Hall–Kier alpha value is -2.34. The Kier molecular flexibility index (Phi) is 6.62. The first-order valence-electron chi connectivity index (χ1n) is 7.21. The molecule has 0 aliphatic carbocycles. The van der Waals surface area contributed by atoms with Gasteiger partial charge in [0, 0.05) is 19.2 Å². The van der Waals surface area contributed by atoms with Gasteiger partial charge in [-0.2, -0.15) is 5.26 Å². The molecule has 0 unspecified atom stereocenters. The number of ketones is 1. The van der Waals surface area contributed by atoms with Crippen LogP contribution in [-0.2, 0) is 11.3 Å². The van der Waals surface area contributed by atoms with E-state index < -0.39 is 0 Å². The van der Waals surface area contributed by atoms with Gasteiger partial charge >= 0.3 is 0 Å². The van der Waals surface area contributed by atoms with Crippen LogP contribution in [0.4, 0.5) is 10.9 Å². The normalized spacial score (nSPS) is 13.7. The van der Waals surface area contributed by atoms with Gasteiger partial charge in [-0.15, -0.1) is 0 Å². The minimum absolute atomic E-state index is 0.353. The number of hydrogen-bond acceptors (Lipinski definition) is 8. The summed E-state index contributed by atoms with van der Waals surface area (Å²) in [4.78, 5) is 19.2. The van der Waals surface area contributed by atoms with E-state index in [-0.39, 0.29) is 0 Å². The SMILES string of the molecule is N#Cc1cnc(Nc2cc(CN)ccn2)s1.O=C1CCCNC1. The molecule has 3 heterocycles. The van der Waals surface area contributed by atoms with E-state index >= 15 is 0 Å². The number of aromatic nitrogens is 2. The minimum Gasteiger partial charge on any atom is -0.326 e. The molecule has 0 spiro atoms. The van der Waals surface area contributed by atoms with E-state index in [0.717, 1.165) is 24.9 Å². The Labute approximate surface area is 138 Å². The Morgan fingerprint density at radius 2 is 2.35 bits per heavy atom. The molecule has 0 atom stereocenters. The zero-order chi connectivity index (χ0) is 16.5. The van der Waals surface area contributed by atoms with E-state index in [0.29, 0.717) is 34.7 Å². The highest BCUT2D eigenvalue weighted by molar-refractivity contribution is 7.16. The summed E-state index contributed by atoms with van der Waals surface area (Å²) in [6.07, 6.45) is 5.02. The lowest BCUT2D eigenvalue weighted by molar-refractivity contribution is -0.119. The van der Waals surface area contributed by atoms with Crippen molar-refractivity contribution in [1.82, 2.24) is 15.3 Å². The Bertz CT molecular complexity index is 685. The largest absolute Gasteiger partial charge is 0.326 e. The van der Waals surface area contributed by atoms with Crippen LogP contribution in [-0.4, -0.2) is 28.8 Å². The van der Waals surface area contributed by atoms with Crippen LogP contribution in [0.25, 0.3) is 0 Å². The van der Waals surface area contributed by atoms with Crippen LogP contribution >= 0.6 is 11.3 Å². The summed E-state index contributed by atoms with van der Waals surface area (Å²) < 4.78 is 0. The van der Waals surface area contributed by atoms with Gasteiger partial charge in [-0.3, -0.25) is 4.79 Å². The zero-order valence-electron chi connectivity index (χ0n) is 12.6. The molecule has 3 rings (SSSR count). The summed E-state index contributed by atoms with van der Waals surface area (Å²) in [5, 5.41) is 15.3. The summed E-state index contributed by atoms with van der Waals surface area (Å²) in [7, 11) is 0. The van der Waals surface area contributed by atoms with Gasteiger partial charge in [0.05, 0.1) is 12.7 Å². The number of rotatable bonds is 3. The van der Waals surface area contributed by atoms with E-state index in [9.17, 15) is 4.79 Å². The summed E-state index contributed by atoms with van der Waals surface area (Å²) in [6.45, 7) is 2.09. The van der Waals surface area contributed by atoms with Crippen molar-refractivity contribution >= 4 is 28.1 Å². The van der Waals surface area contributed by atoms with Crippen LogP contribution in [0.3, 0.4) is 0 Å².